The van der Waals surface area contributed by atoms with E-state index >= 15 is 0 Å². The average Bonchev–Trinajstić information content (AvgIpc) is 2.21. The van der Waals surface area contributed by atoms with Gasteiger partial charge in [0, 0.05) is 5.54 Å². The van der Waals surface area contributed by atoms with Gasteiger partial charge in [0.1, 0.15) is 0 Å². The molecule has 0 bridgehead atoms. The largest absolute Gasteiger partial charge is 0.504 e. The van der Waals surface area contributed by atoms with Crippen LogP contribution >= 0.6 is 0 Å². The van der Waals surface area contributed by atoms with E-state index in [1.54, 1.807) is 6.07 Å². The molecule has 1 aliphatic carbocycles. The van der Waals surface area contributed by atoms with Crippen LogP contribution in [0.3, 0.4) is 0 Å². The Hall–Kier alpha value is -1.26. The minimum atomic E-state index is -0.587. The highest BCUT2D eigenvalue weighted by atomic mass is 16.3. The van der Waals surface area contributed by atoms with Crippen LogP contribution in [-0.2, 0) is 12.8 Å². The fourth-order valence-electron chi connectivity index (χ4n) is 2.05. The number of hydrogen-bond donors (Lipinski definition) is 4. The molecule has 0 heterocycles. The van der Waals surface area contributed by atoms with Gasteiger partial charge < -0.3 is 21.1 Å². The molecule has 1 aromatic carbocycles. The quantitative estimate of drug-likeness (QED) is 0.500. The highest BCUT2D eigenvalue weighted by Crippen LogP contribution is 2.34. The van der Waals surface area contributed by atoms with Crippen LogP contribution in [0.1, 0.15) is 17.5 Å². The third-order valence-electron chi connectivity index (χ3n) is 3.05. The zero-order valence-corrected chi connectivity index (χ0v) is 8.40. The minimum Gasteiger partial charge on any atom is -0.504 e. The fourth-order valence-corrected chi connectivity index (χ4v) is 2.05. The van der Waals surface area contributed by atoms with Crippen LogP contribution in [-0.4, -0.2) is 27.5 Å². The molecule has 0 saturated heterocycles. The Labute approximate surface area is 88.0 Å². The van der Waals surface area contributed by atoms with Crippen molar-refractivity contribution in [3.8, 4) is 11.5 Å². The minimum absolute atomic E-state index is 0.0614. The molecule has 0 fully saturated rings. The molecule has 4 nitrogen and oxygen atoms in total. The number of aromatic hydroxyl groups is 2. The molecular weight excluding hydrogens is 194 g/mol. The number of phenolic OH excluding ortho intramolecular Hbond substituents is 2. The molecule has 0 radical (unpaired) electrons. The molecule has 1 aliphatic rings. The molecular formula is C11H15NO3. The van der Waals surface area contributed by atoms with Crippen LogP contribution in [0.2, 0.25) is 0 Å². The van der Waals surface area contributed by atoms with Gasteiger partial charge in [0.25, 0.3) is 0 Å². The molecule has 1 aromatic rings. The van der Waals surface area contributed by atoms with Gasteiger partial charge in [0.2, 0.25) is 0 Å². The molecule has 1 unspecified atom stereocenters. The summed E-state index contributed by atoms with van der Waals surface area (Å²) in [5, 5.41) is 27.9. The van der Waals surface area contributed by atoms with Crippen LogP contribution in [0.4, 0.5) is 0 Å². The number of aryl methyl sites for hydroxylation is 1. The number of aliphatic hydroxyl groups excluding tert-OH is 1. The summed E-state index contributed by atoms with van der Waals surface area (Å²) in [6.07, 6.45) is 1.95. The number of benzene rings is 1. The lowest BCUT2D eigenvalue weighted by molar-refractivity contribution is 0.181. The van der Waals surface area contributed by atoms with Crippen molar-refractivity contribution < 1.29 is 15.3 Å². The molecule has 2 rings (SSSR count). The van der Waals surface area contributed by atoms with Crippen LogP contribution < -0.4 is 5.73 Å². The summed E-state index contributed by atoms with van der Waals surface area (Å²) in [7, 11) is 0. The maximum Gasteiger partial charge on any atom is 0.157 e. The standard InChI is InChI=1S/C11H15NO3/c12-11(6-13)2-1-7-3-9(14)10(15)4-8(7)5-11/h3-4,13-15H,1-2,5-6,12H2. The summed E-state index contributed by atoms with van der Waals surface area (Å²) in [6.45, 7) is -0.0614. The fraction of sp³-hybridized carbons (Fsp3) is 0.455. The lowest BCUT2D eigenvalue weighted by atomic mass is 9.79. The number of rotatable bonds is 1. The second-order valence-electron chi connectivity index (χ2n) is 4.31. The molecule has 0 spiro atoms. The van der Waals surface area contributed by atoms with Gasteiger partial charge in [-0.2, -0.15) is 0 Å². The Balaban J connectivity index is 2.38. The first kappa shape index (κ1) is 10.3. The molecule has 0 aromatic heterocycles. The SMILES string of the molecule is NC1(CO)CCc2cc(O)c(O)cc2C1. The van der Waals surface area contributed by atoms with E-state index in [2.05, 4.69) is 0 Å². The molecule has 4 heteroatoms. The van der Waals surface area contributed by atoms with E-state index in [9.17, 15) is 10.2 Å². The first-order valence-corrected chi connectivity index (χ1v) is 4.97. The summed E-state index contributed by atoms with van der Waals surface area (Å²) in [5.41, 5.74) is 7.29. The van der Waals surface area contributed by atoms with Gasteiger partial charge in [0.05, 0.1) is 6.61 Å². The maximum atomic E-state index is 9.36. The van der Waals surface area contributed by atoms with E-state index in [1.807, 2.05) is 0 Å². The molecule has 15 heavy (non-hydrogen) atoms. The van der Waals surface area contributed by atoms with Crippen molar-refractivity contribution in [2.24, 2.45) is 5.73 Å². The Morgan fingerprint density at radius 2 is 1.80 bits per heavy atom. The van der Waals surface area contributed by atoms with E-state index in [-0.39, 0.29) is 18.1 Å². The average molecular weight is 209 g/mol. The Kier molecular flexibility index (Phi) is 2.32. The van der Waals surface area contributed by atoms with Gasteiger partial charge >= 0.3 is 0 Å². The highest BCUT2D eigenvalue weighted by molar-refractivity contribution is 5.47. The van der Waals surface area contributed by atoms with Crippen molar-refractivity contribution in [2.75, 3.05) is 6.61 Å². The first-order valence-electron chi connectivity index (χ1n) is 4.97. The van der Waals surface area contributed by atoms with Gasteiger partial charge in [-0.05, 0) is 42.5 Å². The third-order valence-corrected chi connectivity index (χ3v) is 3.05. The van der Waals surface area contributed by atoms with E-state index in [0.717, 1.165) is 17.5 Å². The first-order chi connectivity index (χ1) is 7.04. The summed E-state index contributed by atoms with van der Waals surface area (Å²) in [5.74, 6) is -0.224. The van der Waals surface area contributed by atoms with Gasteiger partial charge in [-0.1, -0.05) is 0 Å². The van der Waals surface area contributed by atoms with E-state index in [0.29, 0.717) is 12.8 Å². The summed E-state index contributed by atoms with van der Waals surface area (Å²) in [4.78, 5) is 0. The van der Waals surface area contributed by atoms with E-state index < -0.39 is 5.54 Å². The summed E-state index contributed by atoms with van der Waals surface area (Å²) >= 11 is 0. The van der Waals surface area contributed by atoms with Crippen molar-refractivity contribution in [1.82, 2.24) is 0 Å². The van der Waals surface area contributed by atoms with E-state index in [4.69, 9.17) is 10.8 Å². The van der Waals surface area contributed by atoms with E-state index in [1.165, 1.54) is 6.07 Å². The topological polar surface area (TPSA) is 86.7 Å². The number of nitrogens with two attached hydrogens (primary N) is 1. The monoisotopic (exact) mass is 209 g/mol. The second-order valence-corrected chi connectivity index (χ2v) is 4.31. The van der Waals surface area contributed by atoms with Crippen molar-refractivity contribution in [2.45, 2.75) is 24.8 Å². The number of hydrogen-bond acceptors (Lipinski definition) is 4. The Morgan fingerprint density at radius 3 is 2.40 bits per heavy atom. The molecule has 0 saturated carbocycles. The second kappa shape index (κ2) is 3.40. The lowest BCUT2D eigenvalue weighted by Gasteiger charge is -2.33. The van der Waals surface area contributed by atoms with Gasteiger partial charge in [-0.3, -0.25) is 0 Å². The van der Waals surface area contributed by atoms with Gasteiger partial charge in [-0.15, -0.1) is 0 Å². The third kappa shape index (κ3) is 1.78. The highest BCUT2D eigenvalue weighted by Gasteiger charge is 2.30. The predicted molar refractivity (Wildman–Crippen MR) is 55.8 cm³/mol. The zero-order chi connectivity index (χ0) is 11.1. The lowest BCUT2D eigenvalue weighted by Crippen LogP contribution is -2.48. The van der Waals surface area contributed by atoms with Crippen LogP contribution in [0.5, 0.6) is 11.5 Å². The number of aliphatic hydroxyl groups is 1. The molecule has 0 aliphatic heterocycles. The summed E-state index contributed by atoms with van der Waals surface area (Å²) < 4.78 is 0. The van der Waals surface area contributed by atoms with Crippen molar-refractivity contribution in [1.29, 1.82) is 0 Å². The molecule has 82 valence electrons. The van der Waals surface area contributed by atoms with Gasteiger partial charge in [-0.25, -0.2) is 0 Å². The van der Waals surface area contributed by atoms with Crippen molar-refractivity contribution in [3.63, 3.8) is 0 Å². The maximum absolute atomic E-state index is 9.36. The normalized spacial score (nSPS) is 24.9. The number of fused-ring (bicyclic) bond motifs is 1. The molecule has 1 atom stereocenters. The van der Waals surface area contributed by atoms with Crippen molar-refractivity contribution >= 4 is 0 Å². The molecule has 5 N–H and O–H groups in total. The smallest absolute Gasteiger partial charge is 0.157 e. The zero-order valence-electron chi connectivity index (χ0n) is 8.40. The predicted octanol–water partition coefficient (Wildman–Crippen LogP) is 0.276. The number of phenols is 2. The summed E-state index contributed by atoms with van der Waals surface area (Å²) in [6, 6.07) is 3.10. The molecule has 0 amide bonds. The van der Waals surface area contributed by atoms with Crippen LogP contribution in [0, 0.1) is 0 Å². The van der Waals surface area contributed by atoms with Crippen LogP contribution in [0.25, 0.3) is 0 Å². The Bertz CT molecular complexity index is 392. The van der Waals surface area contributed by atoms with Crippen LogP contribution in [0.15, 0.2) is 12.1 Å². The van der Waals surface area contributed by atoms with Crippen molar-refractivity contribution in [3.05, 3.63) is 23.3 Å². The van der Waals surface area contributed by atoms with Gasteiger partial charge in [0.15, 0.2) is 11.5 Å². The Morgan fingerprint density at radius 1 is 1.20 bits per heavy atom.